The van der Waals surface area contributed by atoms with Crippen molar-refractivity contribution in [3.63, 3.8) is 0 Å². The summed E-state index contributed by atoms with van der Waals surface area (Å²) in [5.41, 5.74) is 0.345. The Kier molecular flexibility index (Phi) is 5.30. The number of methoxy groups -OCH3 is 1. The van der Waals surface area contributed by atoms with Gasteiger partial charge in [-0.25, -0.2) is 9.78 Å². The summed E-state index contributed by atoms with van der Waals surface area (Å²) in [5, 5.41) is 3.96. The number of benzene rings is 2. The van der Waals surface area contributed by atoms with Crippen LogP contribution in [0, 0.1) is 0 Å². The van der Waals surface area contributed by atoms with Crippen LogP contribution in [0.15, 0.2) is 47.9 Å². The second kappa shape index (κ2) is 7.42. The number of ether oxygens (including phenoxy) is 1. The molecule has 0 amide bonds. The van der Waals surface area contributed by atoms with Crippen molar-refractivity contribution in [2.24, 2.45) is 0 Å². The molecule has 0 unspecified atom stereocenters. The molecule has 0 aliphatic heterocycles. The van der Waals surface area contributed by atoms with E-state index in [1.54, 1.807) is 18.2 Å². The highest BCUT2D eigenvalue weighted by molar-refractivity contribution is 7.87. The Morgan fingerprint density at radius 1 is 1.03 bits per heavy atom. The lowest BCUT2D eigenvalue weighted by Crippen LogP contribution is -2.29. The minimum absolute atomic E-state index is 0.0323. The van der Waals surface area contributed by atoms with E-state index in [2.05, 4.69) is 14.8 Å². The molecule has 3 aromatic rings. The van der Waals surface area contributed by atoms with Crippen molar-refractivity contribution in [2.75, 3.05) is 21.2 Å². The first-order valence-electron chi connectivity index (χ1n) is 7.96. The lowest BCUT2D eigenvalue weighted by Gasteiger charge is -2.09. The summed E-state index contributed by atoms with van der Waals surface area (Å²) < 4.78 is 59.7. The zero-order valence-electron chi connectivity index (χ0n) is 15.5. The van der Waals surface area contributed by atoms with Gasteiger partial charge in [-0.05, 0) is 35.0 Å². The molecule has 1 aromatic heterocycles. The number of carbonyl (C=O) groups excluding carboxylic acids is 1. The van der Waals surface area contributed by atoms with Crippen LogP contribution in [0.3, 0.4) is 0 Å². The van der Waals surface area contributed by atoms with Gasteiger partial charge in [0.25, 0.3) is 0 Å². The maximum Gasteiger partial charge on any atom is 0.377 e. The first-order chi connectivity index (χ1) is 13.5. The molecule has 29 heavy (non-hydrogen) atoms. The fraction of sp³-hybridized carbons (Fsp3) is 0.188. The number of nitrogens with zero attached hydrogens (tertiary/aromatic N) is 4. The molecule has 0 N–H and O–H groups in total. The molecule has 3 rings (SSSR count). The van der Waals surface area contributed by atoms with Crippen molar-refractivity contribution >= 4 is 37.1 Å². The van der Waals surface area contributed by atoms with Gasteiger partial charge in [0.05, 0.1) is 12.7 Å². The lowest BCUT2D eigenvalue weighted by molar-refractivity contribution is 0.0601. The minimum Gasteiger partial charge on any atom is -0.465 e. The van der Waals surface area contributed by atoms with Gasteiger partial charge in [0, 0.05) is 14.1 Å². The fourth-order valence-corrected chi connectivity index (χ4v) is 3.84. The van der Waals surface area contributed by atoms with Gasteiger partial charge in [-0.2, -0.15) is 21.1 Å². The van der Waals surface area contributed by atoms with Crippen LogP contribution in [-0.4, -0.2) is 62.5 Å². The Morgan fingerprint density at radius 2 is 1.69 bits per heavy atom. The predicted octanol–water partition coefficient (Wildman–Crippen LogP) is 0.640. The second-order valence-corrected chi connectivity index (χ2v) is 9.38. The molecule has 154 valence electrons. The maximum absolute atomic E-state index is 12.4. The number of rotatable bonds is 6. The molecule has 0 spiro atoms. The van der Waals surface area contributed by atoms with Crippen LogP contribution in [0.1, 0.15) is 10.4 Å². The molecule has 11 nitrogen and oxygen atoms in total. The minimum atomic E-state index is -4.47. The van der Waals surface area contributed by atoms with Crippen molar-refractivity contribution in [3.05, 3.63) is 48.3 Å². The van der Waals surface area contributed by atoms with E-state index < -0.39 is 31.5 Å². The normalized spacial score (nSPS) is 12.3. The Labute approximate surface area is 166 Å². The Morgan fingerprint density at radius 3 is 2.34 bits per heavy atom. The van der Waals surface area contributed by atoms with Gasteiger partial charge in [-0.1, -0.05) is 12.1 Å². The molecular formula is C16H16N4O7S2. The lowest BCUT2D eigenvalue weighted by atomic mass is 10.1. The first-order valence-corrected chi connectivity index (χ1v) is 10.8. The average Bonchev–Trinajstić information content (AvgIpc) is 3.18. The van der Waals surface area contributed by atoms with Gasteiger partial charge in [0.1, 0.15) is 12.1 Å². The van der Waals surface area contributed by atoms with Crippen LogP contribution in [0.5, 0.6) is 5.75 Å². The van der Waals surface area contributed by atoms with E-state index in [1.165, 1.54) is 39.4 Å². The van der Waals surface area contributed by atoms with Crippen LogP contribution in [-0.2, 0) is 25.1 Å². The van der Waals surface area contributed by atoms with Crippen LogP contribution in [0.4, 0.5) is 0 Å². The summed E-state index contributed by atoms with van der Waals surface area (Å²) in [6, 6.07) is 9.12. The number of carbonyl (C=O) groups is 1. The molecule has 0 aliphatic rings. The van der Waals surface area contributed by atoms with E-state index in [0.29, 0.717) is 20.4 Å². The third-order valence-corrected chi connectivity index (χ3v) is 6.43. The smallest absolute Gasteiger partial charge is 0.377 e. The molecule has 0 fully saturated rings. The third-order valence-electron chi connectivity index (χ3n) is 3.81. The summed E-state index contributed by atoms with van der Waals surface area (Å²) in [6.45, 7) is 0. The first kappa shape index (κ1) is 20.7. The highest BCUT2D eigenvalue weighted by atomic mass is 32.2. The van der Waals surface area contributed by atoms with Crippen molar-refractivity contribution in [2.45, 2.75) is 5.16 Å². The van der Waals surface area contributed by atoms with E-state index >= 15 is 0 Å². The van der Waals surface area contributed by atoms with Crippen LogP contribution in [0.2, 0.25) is 0 Å². The monoisotopic (exact) mass is 440 g/mol. The van der Waals surface area contributed by atoms with Gasteiger partial charge in [0.2, 0.25) is 0 Å². The molecule has 2 aromatic carbocycles. The zero-order valence-corrected chi connectivity index (χ0v) is 17.1. The fourth-order valence-electron chi connectivity index (χ4n) is 2.31. The molecule has 0 bridgehead atoms. The van der Waals surface area contributed by atoms with Crippen LogP contribution in [0.25, 0.3) is 10.8 Å². The highest BCUT2D eigenvalue weighted by Crippen LogP contribution is 2.24. The number of hydrogen-bond donors (Lipinski definition) is 0. The second-order valence-electron chi connectivity index (χ2n) is 5.94. The Balaban J connectivity index is 1.90. The summed E-state index contributed by atoms with van der Waals surface area (Å²) in [5.74, 6) is -0.528. The van der Waals surface area contributed by atoms with Gasteiger partial charge in [-0.15, -0.1) is 9.19 Å². The Bertz CT molecular complexity index is 1300. The summed E-state index contributed by atoms with van der Waals surface area (Å²) in [4.78, 5) is 15.1. The Hall–Kier alpha value is -3.03. The summed E-state index contributed by atoms with van der Waals surface area (Å²) in [6.07, 6.45) is 0.764. The third kappa shape index (κ3) is 4.06. The zero-order chi connectivity index (χ0) is 21.4. The van der Waals surface area contributed by atoms with E-state index in [0.717, 1.165) is 10.6 Å². The van der Waals surface area contributed by atoms with Crippen molar-refractivity contribution in [1.82, 2.24) is 18.5 Å². The molecule has 0 saturated carbocycles. The summed E-state index contributed by atoms with van der Waals surface area (Å²) >= 11 is 0. The van der Waals surface area contributed by atoms with E-state index in [4.69, 9.17) is 4.18 Å². The van der Waals surface area contributed by atoms with Gasteiger partial charge < -0.3 is 8.92 Å². The van der Waals surface area contributed by atoms with Crippen molar-refractivity contribution < 1.29 is 30.6 Å². The molecule has 0 aliphatic carbocycles. The standard InChI is InChI=1S/C16H16N4O7S2/c1-19(2)29(24,25)20-10-17-16(18-20)28(22,23)27-14-7-6-11-8-13(15(21)26-3)5-4-12(11)9-14/h4-10H,1-3H3. The quantitative estimate of drug-likeness (QED) is 0.399. The molecule has 1 heterocycles. The van der Waals surface area contributed by atoms with Crippen molar-refractivity contribution in [3.8, 4) is 5.75 Å². The van der Waals surface area contributed by atoms with Crippen molar-refractivity contribution in [1.29, 1.82) is 0 Å². The molecule has 13 heteroatoms. The number of esters is 1. The SMILES string of the molecule is COC(=O)c1ccc2cc(OS(=O)(=O)c3ncn(S(=O)(=O)N(C)C)n3)ccc2c1. The van der Waals surface area contributed by atoms with E-state index in [1.807, 2.05) is 0 Å². The largest absolute Gasteiger partial charge is 0.465 e. The molecular weight excluding hydrogens is 424 g/mol. The number of fused-ring (bicyclic) bond motifs is 1. The molecule has 0 saturated heterocycles. The van der Waals surface area contributed by atoms with Crippen LogP contribution < -0.4 is 4.18 Å². The summed E-state index contributed by atoms with van der Waals surface area (Å²) in [7, 11) is -4.68. The van der Waals surface area contributed by atoms with E-state index in [-0.39, 0.29) is 5.75 Å². The van der Waals surface area contributed by atoms with E-state index in [9.17, 15) is 21.6 Å². The average molecular weight is 440 g/mol. The maximum atomic E-state index is 12.4. The van der Waals surface area contributed by atoms with Crippen LogP contribution >= 0.6 is 0 Å². The number of hydrogen-bond acceptors (Lipinski definition) is 9. The molecule has 0 atom stereocenters. The predicted molar refractivity (Wildman–Crippen MR) is 101 cm³/mol. The molecule has 0 radical (unpaired) electrons. The van der Waals surface area contributed by atoms with Gasteiger partial charge in [0.15, 0.2) is 0 Å². The number of aromatic nitrogens is 3. The van der Waals surface area contributed by atoms with Gasteiger partial charge in [-0.3, -0.25) is 0 Å². The highest BCUT2D eigenvalue weighted by Gasteiger charge is 2.26. The topological polar surface area (TPSA) is 138 Å². The van der Waals surface area contributed by atoms with Gasteiger partial charge >= 0.3 is 31.5 Å².